The number of hydrogen-bond acceptors (Lipinski definition) is 2. The van der Waals surface area contributed by atoms with E-state index in [2.05, 4.69) is 38.0 Å². The van der Waals surface area contributed by atoms with Gasteiger partial charge in [0.05, 0.1) is 0 Å². The molecule has 0 aliphatic heterocycles. The zero-order valence-electron chi connectivity index (χ0n) is 8.03. The minimum atomic E-state index is 0.708. The van der Waals surface area contributed by atoms with Crippen molar-refractivity contribution in [2.24, 2.45) is 0 Å². The van der Waals surface area contributed by atoms with Gasteiger partial charge in [-0.25, -0.2) is 9.97 Å². The van der Waals surface area contributed by atoms with E-state index in [0.717, 1.165) is 16.0 Å². The summed E-state index contributed by atoms with van der Waals surface area (Å²) in [5.41, 5.74) is 2.28. The Hall–Kier alpha value is -1.16. The second-order valence-electron chi connectivity index (χ2n) is 3.13. The Labute approximate surface area is 90.9 Å². The first-order valence-corrected chi connectivity index (χ1v) is 5.11. The van der Waals surface area contributed by atoms with Gasteiger partial charge in [-0.15, -0.1) is 0 Å². The highest BCUT2D eigenvalue weighted by molar-refractivity contribution is 9.10. The summed E-state index contributed by atoms with van der Waals surface area (Å²) < 4.78 is 2.82. The number of aryl methyl sites for hydroxylation is 2. The Morgan fingerprint density at radius 3 is 2.36 bits per heavy atom. The zero-order chi connectivity index (χ0) is 10.1. The van der Waals surface area contributed by atoms with E-state index >= 15 is 0 Å². The quantitative estimate of drug-likeness (QED) is 0.730. The predicted octanol–water partition coefficient (Wildman–Crippen LogP) is 2.65. The molecule has 72 valence electrons. The van der Waals surface area contributed by atoms with Gasteiger partial charge in [-0.1, -0.05) is 0 Å². The van der Waals surface area contributed by atoms with Crippen LogP contribution < -0.4 is 0 Å². The fourth-order valence-corrected chi connectivity index (χ4v) is 1.70. The van der Waals surface area contributed by atoms with Crippen LogP contribution in [0.15, 0.2) is 29.0 Å². The Bertz CT molecular complexity index is 443. The van der Waals surface area contributed by atoms with E-state index in [0.29, 0.717) is 5.95 Å². The lowest BCUT2D eigenvalue weighted by atomic mass is 10.5. The Balaban J connectivity index is 2.59. The largest absolute Gasteiger partial charge is 0.287 e. The van der Waals surface area contributed by atoms with Crippen LogP contribution in [0.5, 0.6) is 0 Å². The Morgan fingerprint density at radius 2 is 1.79 bits per heavy atom. The SMILES string of the molecule is Cc1ccc(C)n1-c1nccc(Br)n1. The number of halogens is 1. The van der Waals surface area contributed by atoms with Crippen molar-refractivity contribution in [1.29, 1.82) is 0 Å². The lowest BCUT2D eigenvalue weighted by Crippen LogP contribution is -2.03. The van der Waals surface area contributed by atoms with Crippen LogP contribution >= 0.6 is 15.9 Å². The molecule has 2 rings (SSSR count). The van der Waals surface area contributed by atoms with Gasteiger partial charge in [0.25, 0.3) is 0 Å². The number of rotatable bonds is 1. The van der Waals surface area contributed by atoms with Gasteiger partial charge < -0.3 is 0 Å². The second kappa shape index (κ2) is 3.53. The van der Waals surface area contributed by atoms with E-state index in [1.165, 1.54) is 0 Å². The average Bonchev–Trinajstić information content (AvgIpc) is 2.46. The van der Waals surface area contributed by atoms with Crippen molar-refractivity contribution >= 4 is 15.9 Å². The maximum Gasteiger partial charge on any atom is 0.235 e. The van der Waals surface area contributed by atoms with E-state index in [1.807, 2.05) is 24.5 Å². The molecule has 0 N–H and O–H groups in total. The molecule has 3 nitrogen and oxygen atoms in total. The van der Waals surface area contributed by atoms with Crippen molar-refractivity contribution in [3.8, 4) is 5.95 Å². The van der Waals surface area contributed by atoms with E-state index < -0.39 is 0 Å². The van der Waals surface area contributed by atoms with Gasteiger partial charge in [-0.05, 0) is 48.0 Å². The fourth-order valence-electron chi connectivity index (χ4n) is 1.42. The molecule has 0 spiro atoms. The Morgan fingerprint density at radius 1 is 1.14 bits per heavy atom. The third kappa shape index (κ3) is 1.57. The topological polar surface area (TPSA) is 30.7 Å². The van der Waals surface area contributed by atoms with Crippen LogP contribution in [0.4, 0.5) is 0 Å². The molecule has 0 saturated heterocycles. The van der Waals surface area contributed by atoms with Crippen LogP contribution in [0.2, 0.25) is 0 Å². The monoisotopic (exact) mass is 251 g/mol. The molecule has 0 radical (unpaired) electrons. The third-order valence-electron chi connectivity index (χ3n) is 2.08. The van der Waals surface area contributed by atoms with Crippen molar-refractivity contribution in [1.82, 2.24) is 14.5 Å². The molecule has 2 aromatic heterocycles. The Kier molecular flexibility index (Phi) is 2.37. The molecule has 0 unspecified atom stereocenters. The molecule has 0 fully saturated rings. The van der Waals surface area contributed by atoms with E-state index in [1.54, 1.807) is 6.20 Å². The molecular weight excluding hydrogens is 242 g/mol. The highest BCUT2D eigenvalue weighted by atomic mass is 79.9. The molecular formula is C10H10BrN3. The summed E-state index contributed by atoms with van der Waals surface area (Å²) in [5, 5.41) is 0. The van der Waals surface area contributed by atoms with Crippen molar-refractivity contribution in [2.45, 2.75) is 13.8 Å². The van der Waals surface area contributed by atoms with Crippen molar-refractivity contribution in [2.75, 3.05) is 0 Å². The molecule has 0 aromatic carbocycles. The second-order valence-corrected chi connectivity index (χ2v) is 3.94. The van der Waals surface area contributed by atoms with Gasteiger partial charge in [0, 0.05) is 17.6 Å². The maximum atomic E-state index is 4.31. The summed E-state index contributed by atoms with van der Waals surface area (Å²) in [6.07, 6.45) is 1.74. The first-order chi connectivity index (χ1) is 6.68. The third-order valence-corrected chi connectivity index (χ3v) is 2.52. The molecule has 2 aromatic rings. The zero-order valence-corrected chi connectivity index (χ0v) is 9.62. The maximum absolute atomic E-state index is 4.31. The molecule has 4 heteroatoms. The summed E-state index contributed by atoms with van der Waals surface area (Å²) in [7, 11) is 0. The molecule has 0 bridgehead atoms. The highest BCUT2D eigenvalue weighted by Gasteiger charge is 2.05. The fraction of sp³-hybridized carbons (Fsp3) is 0.200. The van der Waals surface area contributed by atoms with Crippen LogP contribution in [-0.2, 0) is 0 Å². The minimum absolute atomic E-state index is 0.708. The molecule has 0 saturated carbocycles. The highest BCUT2D eigenvalue weighted by Crippen LogP contribution is 2.14. The first-order valence-electron chi connectivity index (χ1n) is 4.32. The summed E-state index contributed by atoms with van der Waals surface area (Å²) in [4.78, 5) is 8.53. The van der Waals surface area contributed by atoms with Gasteiger partial charge >= 0.3 is 0 Å². The minimum Gasteiger partial charge on any atom is -0.287 e. The van der Waals surface area contributed by atoms with Gasteiger partial charge in [0.1, 0.15) is 4.60 Å². The van der Waals surface area contributed by atoms with Gasteiger partial charge in [0.2, 0.25) is 5.95 Å². The summed E-state index contributed by atoms with van der Waals surface area (Å²) >= 11 is 3.33. The van der Waals surface area contributed by atoms with Crippen molar-refractivity contribution in [3.05, 3.63) is 40.4 Å². The van der Waals surface area contributed by atoms with Crippen LogP contribution in [-0.4, -0.2) is 14.5 Å². The van der Waals surface area contributed by atoms with Gasteiger partial charge in [0.15, 0.2) is 0 Å². The normalized spacial score (nSPS) is 10.5. The van der Waals surface area contributed by atoms with Crippen LogP contribution in [0, 0.1) is 13.8 Å². The lowest BCUT2D eigenvalue weighted by molar-refractivity contribution is 0.866. The van der Waals surface area contributed by atoms with Crippen molar-refractivity contribution in [3.63, 3.8) is 0 Å². The first kappa shape index (κ1) is 9.40. The number of aromatic nitrogens is 3. The molecule has 0 aliphatic carbocycles. The average molecular weight is 252 g/mol. The molecule has 2 heterocycles. The molecule has 0 aliphatic rings. The summed E-state index contributed by atoms with van der Waals surface area (Å²) in [6.45, 7) is 4.08. The van der Waals surface area contributed by atoms with Gasteiger partial charge in [-0.3, -0.25) is 4.57 Å². The number of nitrogens with zero attached hydrogens (tertiary/aromatic N) is 3. The predicted molar refractivity (Wildman–Crippen MR) is 58.5 cm³/mol. The van der Waals surface area contributed by atoms with E-state index in [-0.39, 0.29) is 0 Å². The van der Waals surface area contributed by atoms with Crippen molar-refractivity contribution < 1.29 is 0 Å². The lowest BCUT2D eigenvalue weighted by Gasteiger charge is -2.06. The van der Waals surface area contributed by atoms with Crippen LogP contribution in [0.3, 0.4) is 0 Å². The smallest absolute Gasteiger partial charge is 0.235 e. The van der Waals surface area contributed by atoms with E-state index in [4.69, 9.17) is 0 Å². The molecule has 0 amide bonds. The molecule has 0 atom stereocenters. The van der Waals surface area contributed by atoms with Gasteiger partial charge in [-0.2, -0.15) is 0 Å². The van der Waals surface area contributed by atoms with Crippen LogP contribution in [0.25, 0.3) is 5.95 Å². The molecule has 14 heavy (non-hydrogen) atoms. The van der Waals surface area contributed by atoms with E-state index in [9.17, 15) is 0 Å². The number of hydrogen-bond donors (Lipinski definition) is 0. The standard InChI is InChI=1S/C10H10BrN3/c1-7-3-4-8(2)14(7)10-12-6-5-9(11)13-10/h3-6H,1-2H3. The summed E-state index contributed by atoms with van der Waals surface area (Å²) in [5.74, 6) is 0.708. The summed E-state index contributed by atoms with van der Waals surface area (Å²) in [6, 6.07) is 5.93. The van der Waals surface area contributed by atoms with Crippen LogP contribution in [0.1, 0.15) is 11.4 Å².